The van der Waals surface area contributed by atoms with Gasteiger partial charge in [0.2, 0.25) is 5.91 Å². The number of nitrogens with zero attached hydrogens (tertiary/aromatic N) is 1. The van der Waals surface area contributed by atoms with E-state index in [4.69, 9.17) is 9.47 Å². The molecule has 1 heterocycles. The number of hydrogen-bond donors (Lipinski definition) is 1. The molecule has 3 aromatic rings. The Morgan fingerprint density at radius 2 is 1.85 bits per heavy atom. The molecule has 6 nitrogen and oxygen atoms in total. The lowest BCUT2D eigenvalue weighted by Crippen LogP contribution is -2.41. The van der Waals surface area contributed by atoms with E-state index in [9.17, 15) is 9.59 Å². The van der Waals surface area contributed by atoms with Gasteiger partial charge in [0.1, 0.15) is 18.1 Å². The molecule has 3 aromatic carbocycles. The van der Waals surface area contributed by atoms with E-state index in [1.807, 2.05) is 62.4 Å². The normalized spacial score (nSPS) is 12.7. The molecule has 0 saturated heterocycles. The summed E-state index contributed by atoms with van der Waals surface area (Å²) in [6.45, 7) is 4.79. The minimum atomic E-state index is -0.120. The molecule has 0 aromatic heterocycles. The van der Waals surface area contributed by atoms with Gasteiger partial charge in [-0.15, -0.1) is 0 Å². The van der Waals surface area contributed by atoms with Crippen LogP contribution in [-0.2, 0) is 16.0 Å². The van der Waals surface area contributed by atoms with Crippen molar-refractivity contribution in [2.75, 3.05) is 30.0 Å². The van der Waals surface area contributed by atoms with Crippen molar-refractivity contribution in [1.29, 1.82) is 0 Å². The highest BCUT2D eigenvalue weighted by atomic mass is 16.5. The molecule has 0 saturated carbocycles. The average molecular weight is 445 g/mol. The van der Waals surface area contributed by atoms with Crippen molar-refractivity contribution in [3.8, 4) is 11.5 Å². The van der Waals surface area contributed by atoms with Crippen LogP contribution in [0.3, 0.4) is 0 Å². The number of fused-ring (bicyclic) bond motifs is 1. The Kier molecular flexibility index (Phi) is 6.93. The largest absolute Gasteiger partial charge is 0.492 e. The van der Waals surface area contributed by atoms with Crippen LogP contribution in [0.1, 0.15) is 23.1 Å². The van der Waals surface area contributed by atoms with Crippen molar-refractivity contribution < 1.29 is 19.1 Å². The molecule has 1 aliphatic rings. The van der Waals surface area contributed by atoms with E-state index in [-0.39, 0.29) is 18.4 Å². The number of carbonyl (C=O) groups is 2. The van der Waals surface area contributed by atoms with Crippen molar-refractivity contribution >= 4 is 23.2 Å². The van der Waals surface area contributed by atoms with Crippen molar-refractivity contribution in [3.05, 3.63) is 83.4 Å². The van der Waals surface area contributed by atoms with Crippen LogP contribution in [0.4, 0.5) is 11.4 Å². The number of nitrogens with one attached hydrogen (secondary N) is 1. The maximum absolute atomic E-state index is 12.4. The zero-order chi connectivity index (χ0) is 23.2. The molecule has 2 amide bonds. The number of hydrogen-bond acceptors (Lipinski definition) is 4. The lowest BCUT2D eigenvalue weighted by Gasteiger charge is -2.29. The fourth-order valence-electron chi connectivity index (χ4n) is 3.72. The van der Waals surface area contributed by atoms with Crippen LogP contribution >= 0.6 is 0 Å². The Balaban J connectivity index is 1.35. The number of amides is 2. The van der Waals surface area contributed by atoms with Gasteiger partial charge in [0.15, 0.2) is 6.61 Å². The molecule has 0 bridgehead atoms. The summed E-state index contributed by atoms with van der Waals surface area (Å²) in [4.78, 5) is 26.5. The van der Waals surface area contributed by atoms with E-state index in [1.165, 1.54) is 5.56 Å². The monoisotopic (exact) mass is 444 g/mol. The van der Waals surface area contributed by atoms with Gasteiger partial charge in [-0.2, -0.15) is 0 Å². The molecule has 170 valence electrons. The standard InChI is InChI=1S/C27H28N2O4/c1-19-6-8-21(9-7-19)10-13-26(30)28-22-11-12-24-25(17-22)33-18-27(31)29(24)14-15-32-23-5-3-4-20(2)16-23/h3-9,11-12,16-17H,10,13-15,18H2,1-2H3,(H,28,30). The molecule has 1 N–H and O–H groups in total. The lowest BCUT2D eigenvalue weighted by atomic mass is 10.1. The van der Waals surface area contributed by atoms with Crippen molar-refractivity contribution in [1.82, 2.24) is 0 Å². The smallest absolute Gasteiger partial charge is 0.265 e. The number of ether oxygens (including phenoxy) is 2. The fourth-order valence-corrected chi connectivity index (χ4v) is 3.72. The maximum Gasteiger partial charge on any atom is 0.265 e. The molecule has 0 atom stereocenters. The molecule has 0 fully saturated rings. The quantitative estimate of drug-likeness (QED) is 0.548. The molecule has 0 spiro atoms. The fraction of sp³-hybridized carbons (Fsp3) is 0.259. The second-order valence-electron chi connectivity index (χ2n) is 8.22. The van der Waals surface area contributed by atoms with Crippen LogP contribution in [0.2, 0.25) is 0 Å². The molecular formula is C27H28N2O4. The van der Waals surface area contributed by atoms with Crippen LogP contribution in [0, 0.1) is 13.8 Å². The SMILES string of the molecule is Cc1ccc(CCC(=O)Nc2ccc3c(c2)OCC(=O)N3CCOc2cccc(C)c2)cc1. The van der Waals surface area contributed by atoms with Crippen LogP contribution in [0.25, 0.3) is 0 Å². The lowest BCUT2D eigenvalue weighted by molar-refractivity contribution is -0.121. The maximum atomic E-state index is 12.4. The Bertz CT molecular complexity index is 1140. The Morgan fingerprint density at radius 1 is 1.03 bits per heavy atom. The van der Waals surface area contributed by atoms with Gasteiger partial charge in [-0.25, -0.2) is 0 Å². The molecule has 6 heteroatoms. The summed E-state index contributed by atoms with van der Waals surface area (Å²) in [6.07, 6.45) is 1.07. The van der Waals surface area contributed by atoms with E-state index in [0.717, 1.165) is 16.9 Å². The third-order valence-corrected chi connectivity index (χ3v) is 5.52. The first-order valence-electron chi connectivity index (χ1n) is 11.1. The van der Waals surface area contributed by atoms with E-state index >= 15 is 0 Å². The molecule has 1 aliphatic heterocycles. The summed E-state index contributed by atoms with van der Waals surface area (Å²) in [7, 11) is 0. The summed E-state index contributed by atoms with van der Waals surface area (Å²) in [5, 5.41) is 2.92. The van der Waals surface area contributed by atoms with Gasteiger partial charge in [0.25, 0.3) is 5.91 Å². The summed E-state index contributed by atoms with van der Waals surface area (Å²) < 4.78 is 11.4. The number of rotatable bonds is 8. The molecule has 0 aliphatic carbocycles. The highest BCUT2D eigenvalue weighted by molar-refractivity contribution is 5.99. The molecule has 4 rings (SSSR count). The summed E-state index contributed by atoms with van der Waals surface area (Å²) >= 11 is 0. The van der Waals surface area contributed by atoms with Gasteiger partial charge in [0, 0.05) is 18.2 Å². The molecule has 0 radical (unpaired) electrons. The number of aryl methyl sites for hydroxylation is 3. The first-order valence-corrected chi connectivity index (χ1v) is 11.1. The minimum absolute atomic E-state index is 0.0394. The van der Waals surface area contributed by atoms with Crippen LogP contribution in [0.15, 0.2) is 66.7 Å². The number of anilines is 2. The molecule has 33 heavy (non-hydrogen) atoms. The minimum Gasteiger partial charge on any atom is -0.492 e. The summed E-state index contributed by atoms with van der Waals surface area (Å²) in [6, 6.07) is 21.4. The van der Waals surface area contributed by atoms with Gasteiger partial charge in [-0.05, 0) is 55.7 Å². The first kappa shape index (κ1) is 22.4. The zero-order valence-electron chi connectivity index (χ0n) is 19.0. The first-order chi connectivity index (χ1) is 16.0. The highest BCUT2D eigenvalue weighted by Gasteiger charge is 2.25. The number of benzene rings is 3. The number of carbonyl (C=O) groups excluding carboxylic acids is 2. The van der Waals surface area contributed by atoms with Gasteiger partial charge in [0.05, 0.1) is 12.2 Å². The van der Waals surface area contributed by atoms with Crippen molar-refractivity contribution in [2.45, 2.75) is 26.7 Å². The van der Waals surface area contributed by atoms with Crippen LogP contribution in [-0.4, -0.2) is 31.6 Å². The molecular weight excluding hydrogens is 416 g/mol. The zero-order valence-corrected chi connectivity index (χ0v) is 19.0. The van der Waals surface area contributed by atoms with E-state index in [2.05, 4.69) is 5.32 Å². The Hall–Kier alpha value is -3.80. The third-order valence-electron chi connectivity index (χ3n) is 5.52. The van der Waals surface area contributed by atoms with E-state index < -0.39 is 0 Å². The summed E-state index contributed by atoms with van der Waals surface area (Å²) in [5.41, 5.74) is 4.77. The third kappa shape index (κ3) is 5.92. The van der Waals surface area contributed by atoms with E-state index in [1.54, 1.807) is 23.1 Å². The van der Waals surface area contributed by atoms with Crippen molar-refractivity contribution in [3.63, 3.8) is 0 Å². The van der Waals surface area contributed by atoms with Gasteiger partial charge in [-0.3, -0.25) is 9.59 Å². The molecule has 0 unspecified atom stereocenters. The van der Waals surface area contributed by atoms with Gasteiger partial charge < -0.3 is 19.7 Å². The topological polar surface area (TPSA) is 67.9 Å². The second-order valence-corrected chi connectivity index (χ2v) is 8.22. The predicted molar refractivity (Wildman–Crippen MR) is 129 cm³/mol. The average Bonchev–Trinajstić information content (AvgIpc) is 2.80. The van der Waals surface area contributed by atoms with Crippen molar-refractivity contribution in [2.24, 2.45) is 0 Å². The summed E-state index contributed by atoms with van der Waals surface area (Å²) in [5.74, 6) is 1.16. The van der Waals surface area contributed by atoms with Gasteiger partial charge >= 0.3 is 0 Å². The Labute approximate surface area is 194 Å². The van der Waals surface area contributed by atoms with Gasteiger partial charge in [-0.1, -0.05) is 42.0 Å². The highest BCUT2D eigenvalue weighted by Crippen LogP contribution is 2.34. The van der Waals surface area contributed by atoms with E-state index in [0.29, 0.717) is 43.1 Å². The Morgan fingerprint density at radius 3 is 2.64 bits per heavy atom. The van der Waals surface area contributed by atoms with Crippen LogP contribution in [0.5, 0.6) is 11.5 Å². The van der Waals surface area contributed by atoms with Crippen LogP contribution < -0.4 is 19.7 Å². The second kappa shape index (κ2) is 10.2. The predicted octanol–water partition coefficient (Wildman–Crippen LogP) is 4.68.